The maximum atomic E-state index is 10.5. The van der Waals surface area contributed by atoms with Crippen LogP contribution in [0, 0.1) is 0 Å². The van der Waals surface area contributed by atoms with Crippen molar-refractivity contribution in [1.82, 2.24) is 5.32 Å². The van der Waals surface area contributed by atoms with Crippen LogP contribution >= 0.6 is 0 Å². The molecule has 0 fully saturated rings. The fourth-order valence-corrected chi connectivity index (χ4v) is 0.229. The average Bonchev–Trinajstić information content (AvgIpc) is 1.82. The highest BCUT2D eigenvalue weighted by Gasteiger charge is 2.09. The number of aliphatic carboxylic acids is 1. The van der Waals surface area contributed by atoms with Crippen LogP contribution in [0.5, 0.6) is 0 Å². The molecule has 0 aromatic rings. The van der Waals surface area contributed by atoms with Crippen LogP contribution in [0.15, 0.2) is 0 Å². The summed E-state index contributed by atoms with van der Waals surface area (Å²) in [7, 11) is 0. The largest absolute Gasteiger partial charge is 0.480 e. The topological polar surface area (TPSA) is 66.4 Å². The van der Waals surface area contributed by atoms with Crippen molar-refractivity contribution >= 4 is 11.9 Å². The van der Waals surface area contributed by atoms with Gasteiger partial charge in [-0.1, -0.05) is 0 Å². The first-order chi connectivity index (χ1) is 5.61. The Morgan fingerprint density at radius 3 is 2.56 bits per heavy atom. The van der Waals surface area contributed by atoms with E-state index in [0.29, 0.717) is 0 Å². The smallest absolute Gasteiger partial charge is 0.325 e. The summed E-state index contributed by atoms with van der Waals surface area (Å²) in [5.41, 5.74) is 0. The molecule has 0 bridgehead atoms. The molecule has 4 heteroatoms. The van der Waals surface area contributed by atoms with Crippen molar-refractivity contribution in [2.24, 2.45) is 0 Å². The Bertz CT molecular complexity index is 238. The Labute approximate surface area is 58.5 Å². The second-order valence-electron chi connectivity index (χ2n) is 1.36. The van der Waals surface area contributed by atoms with Crippen LogP contribution in [0.4, 0.5) is 0 Å². The summed E-state index contributed by atoms with van der Waals surface area (Å²) in [5.74, 6) is -2.80. The fourth-order valence-electron chi connectivity index (χ4n) is 0.229. The number of hydrogen-bond acceptors (Lipinski definition) is 2. The molecule has 4 nitrogen and oxygen atoms in total. The van der Waals surface area contributed by atoms with Crippen LogP contribution < -0.4 is 5.32 Å². The third-order valence-corrected chi connectivity index (χ3v) is 0.515. The minimum Gasteiger partial charge on any atom is -0.480 e. The molecule has 0 saturated heterocycles. The summed E-state index contributed by atoms with van der Waals surface area (Å²) in [5, 5.41) is 10.0. The molecule has 9 heavy (non-hydrogen) atoms. The van der Waals surface area contributed by atoms with E-state index in [-0.39, 0.29) is 0 Å². The lowest BCUT2D eigenvalue weighted by molar-refractivity contribution is -0.140. The van der Waals surface area contributed by atoms with Gasteiger partial charge in [-0.2, -0.15) is 0 Å². The quantitative estimate of drug-likeness (QED) is 0.541. The maximum absolute atomic E-state index is 10.5. The van der Waals surface area contributed by atoms with Gasteiger partial charge in [0, 0.05) is 11.0 Å². The van der Waals surface area contributed by atoms with Crippen LogP contribution in [0.3, 0.4) is 0 Å². The van der Waals surface area contributed by atoms with Gasteiger partial charge in [0.1, 0.15) is 6.02 Å². The van der Waals surface area contributed by atoms with E-state index in [0.717, 1.165) is 6.92 Å². The summed E-state index contributed by atoms with van der Waals surface area (Å²) < 4.78 is 27.3. The monoisotopic (exact) mass is 135 g/mol. The first kappa shape index (κ1) is 3.20. The number of carbonyl (C=O) groups excluding carboxylic acids is 1. The second kappa shape index (κ2) is 3.06. The molecule has 0 saturated carbocycles. The van der Waals surface area contributed by atoms with Gasteiger partial charge in [-0.05, 0) is 6.85 Å². The molecule has 0 unspecified atom stereocenters. The normalized spacial score (nSPS) is 23.7. The van der Waals surface area contributed by atoms with Crippen molar-refractivity contribution in [3.63, 3.8) is 0 Å². The van der Waals surface area contributed by atoms with E-state index in [1.54, 1.807) is 5.32 Å². The molecule has 0 radical (unpaired) electrons. The molecule has 0 rings (SSSR count). The maximum Gasteiger partial charge on any atom is 0.325 e. The molecule has 0 aliphatic heterocycles. The number of nitrogens with one attached hydrogen (secondary N) is 1. The Kier molecular flexibility index (Phi) is 1.09. The molecular formula is C5H9NO3. The van der Waals surface area contributed by atoms with Crippen molar-refractivity contribution in [3.8, 4) is 0 Å². The van der Waals surface area contributed by atoms with Gasteiger partial charge in [0.2, 0.25) is 5.91 Å². The zero-order valence-corrected chi connectivity index (χ0v) is 4.76. The molecule has 0 aromatic heterocycles. The summed E-state index contributed by atoms with van der Waals surface area (Å²) in [6.45, 7) is -2.16. The van der Waals surface area contributed by atoms with E-state index < -0.39 is 24.7 Å². The van der Waals surface area contributed by atoms with Gasteiger partial charge in [-0.3, -0.25) is 9.59 Å². The Balaban J connectivity index is 4.96. The average molecular weight is 135 g/mol. The van der Waals surface area contributed by atoms with Crippen LogP contribution in [-0.4, -0.2) is 23.0 Å². The number of amides is 1. The molecule has 0 aliphatic carbocycles. The van der Waals surface area contributed by atoms with E-state index in [1.807, 2.05) is 0 Å². The van der Waals surface area contributed by atoms with Gasteiger partial charge >= 0.3 is 5.97 Å². The predicted molar refractivity (Wildman–Crippen MR) is 30.9 cm³/mol. The summed E-state index contributed by atoms with van der Waals surface area (Å²) in [4.78, 5) is 20.9. The molecular weight excluding hydrogens is 122 g/mol. The molecule has 52 valence electrons. The molecule has 0 aromatic carbocycles. The minimum absolute atomic E-state index is 0.881. The zero-order chi connectivity index (χ0) is 10.9. The predicted octanol–water partition coefficient (Wildman–Crippen LogP) is -0.404. The highest BCUT2D eigenvalue weighted by Crippen LogP contribution is 1.78. The Hall–Kier alpha value is -1.06. The molecule has 1 atom stereocenters. The number of rotatable bonds is 2. The third kappa shape index (κ3) is 3.52. The standard InChI is InChI=1S/C5H9NO3/c1-3(5(8)9)6-4(2)7/h3H,1-2H3,(H,6,7)(H,8,9)/t3-/m0/s1/i1D3,3D. The molecule has 2 N–H and O–H groups in total. The van der Waals surface area contributed by atoms with E-state index >= 15 is 0 Å². The van der Waals surface area contributed by atoms with Gasteiger partial charge in [-0.25, -0.2) is 0 Å². The van der Waals surface area contributed by atoms with E-state index in [1.165, 1.54) is 0 Å². The zero-order valence-electron chi connectivity index (χ0n) is 8.76. The molecule has 0 heterocycles. The van der Waals surface area contributed by atoms with Gasteiger partial charge < -0.3 is 10.4 Å². The summed E-state index contributed by atoms with van der Waals surface area (Å²) >= 11 is 0. The van der Waals surface area contributed by atoms with Crippen molar-refractivity contribution in [2.75, 3.05) is 0 Å². The molecule has 1 amide bonds. The summed E-state index contributed by atoms with van der Waals surface area (Å²) in [6, 6.07) is -2.97. The molecule has 0 spiro atoms. The first-order valence-electron chi connectivity index (χ1n) is 4.13. The van der Waals surface area contributed by atoms with E-state index in [4.69, 9.17) is 10.6 Å². The SMILES string of the molecule is [2H]C([2H])([2H])[C@]([2H])(NC(C)=O)C(=O)O. The van der Waals surface area contributed by atoms with Crippen LogP contribution in [0.1, 0.15) is 19.3 Å². The highest BCUT2D eigenvalue weighted by molar-refractivity contribution is 5.81. The third-order valence-electron chi connectivity index (χ3n) is 0.515. The molecule has 0 aliphatic rings. The van der Waals surface area contributed by atoms with Crippen molar-refractivity contribution in [3.05, 3.63) is 0 Å². The van der Waals surface area contributed by atoms with Gasteiger partial charge in [0.15, 0.2) is 0 Å². The van der Waals surface area contributed by atoms with E-state index in [9.17, 15) is 9.59 Å². The first-order valence-corrected chi connectivity index (χ1v) is 2.13. The van der Waals surface area contributed by atoms with Crippen molar-refractivity contribution < 1.29 is 20.2 Å². The lowest BCUT2D eigenvalue weighted by atomic mass is 10.3. The van der Waals surface area contributed by atoms with Crippen LogP contribution in [0.2, 0.25) is 0 Å². The van der Waals surface area contributed by atoms with Crippen molar-refractivity contribution in [1.29, 1.82) is 0 Å². The number of carbonyl (C=O) groups is 2. The number of hydrogen-bond donors (Lipinski definition) is 2. The number of carboxylic acids is 1. The van der Waals surface area contributed by atoms with E-state index in [2.05, 4.69) is 0 Å². The minimum atomic E-state index is -3.11. The van der Waals surface area contributed by atoms with Crippen LogP contribution in [0.25, 0.3) is 0 Å². The lowest BCUT2D eigenvalue weighted by Crippen LogP contribution is -2.36. The van der Waals surface area contributed by atoms with Gasteiger partial charge in [0.25, 0.3) is 0 Å². The van der Waals surface area contributed by atoms with Gasteiger partial charge in [0.05, 0.1) is 1.37 Å². The number of carboxylic acid groups (broad SMARTS) is 1. The lowest BCUT2D eigenvalue weighted by Gasteiger charge is -2.04. The van der Waals surface area contributed by atoms with Crippen LogP contribution in [-0.2, 0) is 9.59 Å². The Morgan fingerprint density at radius 2 is 2.44 bits per heavy atom. The fraction of sp³-hybridized carbons (Fsp3) is 0.600. The highest BCUT2D eigenvalue weighted by atomic mass is 16.4. The Morgan fingerprint density at radius 1 is 1.89 bits per heavy atom. The van der Waals surface area contributed by atoms with Gasteiger partial charge in [-0.15, -0.1) is 0 Å². The summed E-state index contributed by atoms with van der Waals surface area (Å²) in [6.07, 6.45) is 0. The second-order valence-corrected chi connectivity index (χ2v) is 1.36. The van der Waals surface area contributed by atoms with Crippen molar-refractivity contribution in [2.45, 2.75) is 19.8 Å².